The molecule has 0 spiro atoms. The highest BCUT2D eigenvalue weighted by atomic mass is 16.2. The number of nitrogens with one attached hydrogen (secondary N) is 1. The van der Waals surface area contributed by atoms with Crippen LogP contribution in [0.3, 0.4) is 0 Å². The van der Waals surface area contributed by atoms with Crippen LogP contribution in [-0.4, -0.2) is 39.7 Å². The molecule has 6 heteroatoms. The third-order valence-electron chi connectivity index (χ3n) is 5.50. The fourth-order valence-electron chi connectivity index (χ4n) is 3.30. The SMILES string of the molecule is CC(C)[C@@](C)(C#N)NC(=O)CN(C)Cc1cn(-c2ccccc2)nc1-c1ccccc1. The second-order valence-corrected chi connectivity index (χ2v) is 8.34. The molecule has 1 atom stereocenters. The Labute approximate surface area is 184 Å². The molecule has 0 saturated carbocycles. The molecule has 3 aromatic rings. The molecule has 1 N–H and O–H groups in total. The highest BCUT2D eigenvalue weighted by Gasteiger charge is 2.30. The maximum absolute atomic E-state index is 12.6. The first-order valence-corrected chi connectivity index (χ1v) is 10.4. The Bertz CT molecular complexity index is 1050. The average Bonchev–Trinajstić information content (AvgIpc) is 3.18. The van der Waals surface area contributed by atoms with Crippen molar-refractivity contribution in [2.75, 3.05) is 13.6 Å². The Hall–Kier alpha value is -3.43. The van der Waals surface area contributed by atoms with Crippen molar-refractivity contribution < 1.29 is 4.79 Å². The number of nitrogens with zero attached hydrogens (tertiary/aromatic N) is 4. The fourth-order valence-corrected chi connectivity index (χ4v) is 3.30. The summed E-state index contributed by atoms with van der Waals surface area (Å²) in [7, 11) is 1.90. The Balaban J connectivity index is 1.81. The largest absolute Gasteiger partial charge is 0.337 e. The summed E-state index contributed by atoms with van der Waals surface area (Å²) in [5.41, 5.74) is 3.04. The van der Waals surface area contributed by atoms with E-state index in [9.17, 15) is 10.1 Å². The van der Waals surface area contributed by atoms with Gasteiger partial charge in [0.25, 0.3) is 0 Å². The van der Waals surface area contributed by atoms with E-state index in [2.05, 4.69) is 11.4 Å². The van der Waals surface area contributed by atoms with Gasteiger partial charge in [-0.15, -0.1) is 0 Å². The molecule has 3 rings (SSSR count). The molecule has 0 aliphatic carbocycles. The van der Waals surface area contributed by atoms with Crippen molar-refractivity contribution in [1.82, 2.24) is 20.0 Å². The first kappa shape index (κ1) is 22.3. The molecular formula is C25H29N5O. The zero-order chi connectivity index (χ0) is 22.4. The van der Waals surface area contributed by atoms with Gasteiger partial charge < -0.3 is 5.32 Å². The molecular weight excluding hydrogens is 386 g/mol. The summed E-state index contributed by atoms with van der Waals surface area (Å²) >= 11 is 0. The van der Waals surface area contributed by atoms with Gasteiger partial charge in [-0.3, -0.25) is 9.69 Å². The molecule has 31 heavy (non-hydrogen) atoms. The van der Waals surface area contributed by atoms with Gasteiger partial charge in [0.1, 0.15) is 5.54 Å². The zero-order valence-electron chi connectivity index (χ0n) is 18.5. The summed E-state index contributed by atoms with van der Waals surface area (Å²) in [5.74, 6) is -0.155. The first-order valence-electron chi connectivity index (χ1n) is 10.4. The van der Waals surface area contributed by atoms with Gasteiger partial charge in [0.15, 0.2) is 0 Å². The zero-order valence-corrected chi connectivity index (χ0v) is 18.5. The number of para-hydroxylation sites is 1. The van der Waals surface area contributed by atoms with Crippen molar-refractivity contribution in [1.29, 1.82) is 5.26 Å². The van der Waals surface area contributed by atoms with Gasteiger partial charge in [0.2, 0.25) is 5.91 Å². The number of nitriles is 1. The first-order chi connectivity index (χ1) is 14.8. The summed E-state index contributed by atoms with van der Waals surface area (Å²) < 4.78 is 1.87. The van der Waals surface area contributed by atoms with Crippen LogP contribution in [0.2, 0.25) is 0 Å². The van der Waals surface area contributed by atoms with E-state index in [1.165, 1.54) is 0 Å². The van der Waals surface area contributed by atoms with Crippen LogP contribution in [0.5, 0.6) is 0 Å². The van der Waals surface area contributed by atoms with Gasteiger partial charge in [-0.25, -0.2) is 4.68 Å². The minimum Gasteiger partial charge on any atom is -0.337 e. The molecule has 1 heterocycles. The van der Waals surface area contributed by atoms with Crippen LogP contribution in [0, 0.1) is 17.2 Å². The normalized spacial score (nSPS) is 13.1. The molecule has 0 aliphatic heterocycles. The molecule has 160 valence electrons. The lowest BCUT2D eigenvalue weighted by Gasteiger charge is -2.28. The lowest BCUT2D eigenvalue weighted by molar-refractivity contribution is -0.123. The maximum Gasteiger partial charge on any atom is 0.235 e. The fraction of sp³-hybridized carbons (Fsp3) is 0.320. The number of likely N-dealkylation sites (N-methyl/N-ethyl adjacent to an activating group) is 1. The van der Waals surface area contributed by atoms with E-state index in [0.717, 1.165) is 22.5 Å². The Morgan fingerprint density at radius 1 is 1.16 bits per heavy atom. The van der Waals surface area contributed by atoms with E-state index in [4.69, 9.17) is 5.10 Å². The quantitative estimate of drug-likeness (QED) is 0.603. The molecule has 0 fully saturated rings. The van der Waals surface area contributed by atoms with Crippen molar-refractivity contribution in [2.24, 2.45) is 5.92 Å². The average molecular weight is 416 g/mol. The molecule has 0 unspecified atom stereocenters. The number of carbonyl (C=O) groups excluding carboxylic acids is 1. The van der Waals surface area contributed by atoms with Crippen LogP contribution >= 0.6 is 0 Å². The molecule has 0 bridgehead atoms. The molecule has 0 radical (unpaired) electrons. The van der Waals surface area contributed by atoms with E-state index in [-0.39, 0.29) is 18.4 Å². The van der Waals surface area contributed by atoms with Crippen molar-refractivity contribution in [2.45, 2.75) is 32.9 Å². The number of aromatic nitrogens is 2. The summed E-state index contributed by atoms with van der Waals surface area (Å²) in [5, 5.41) is 17.2. The van der Waals surface area contributed by atoms with Crippen LogP contribution in [0.1, 0.15) is 26.3 Å². The lowest BCUT2D eigenvalue weighted by Crippen LogP contribution is -2.51. The number of amides is 1. The van der Waals surface area contributed by atoms with Crippen molar-refractivity contribution in [3.63, 3.8) is 0 Å². The van der Waals surface area contributed by atoms with Crippen molar-refractivity contribution >= 4 is 5.91 Å². The van der Waals surface area contributed by atoms with Gasteiger partial charge in [-0.2, -0.15) is 10.4 Å². The third kappa shape index (κ3) is 5.39. The minimum absolute atomic E-state index is 0.0144. The summed E-state index contributed by atoms with van der Waals surface area (Å²) in [4.78, 5) is 14.5. The summed E-state index contributed by atoms with van der Waals surface area (Å²) in [6.07, 6.45) is 2.01. The van der Waals surface area contributed by atoms with Gasteiger partial charge in [-0.1, -0.05) is 62.4 Å². The predicted molar refractivity (Wildman–Crippen MR) is 122 cm³/mol. The standard InChI is InChI=1S/C25H29N5O/c1-19(2)25(3,18-26)27-23(31)17-29(4)15-21-16-30(22-13-9-6-10-14-22)28-24(21)20-11-7-5-8-12-20/h5-14,16,19H,15,17H2,1-4H3,(H,27,31)/t25-/m1/s1. The van der Waals surface area contributed by atoms with E-state index in [0.29, 0.717) is 6.54 Å². The number of hydrogen-bond acceptors (Lipinski definition) is 4. The highest BCUT2D eigenvalue weighted by Crippen LogP contribution is 2.24. The molecule has 6 nitrogen and oxygen atoms in total. The number of benzene rings is 2. The van der Waals surface area contributed by atoms with Gasteiger partial charge in [-0.05, 0) is 32.0 Å². The Kier molecular flexibility index (Phi) is 6.88. The molecule has 0 aliphatic rings. The Morgan fingerprint density at radius 2 is 1.77 bits per heavy atom. The molecule has 1 aromatic heterocycles. The highest BCUT2D eigenvalue weighted by molar-refractivity contribution is 5.79. The minimum atomic E-state index is -0.884. The summed E-state index contributed by atoms with van der Waals surface area (Å²) in [6.45, 7) is 6.35. The lowest BCUT2D eigenvalue weighted by atomic mass is 9.90. The number of hydrogen-bond donors (Lipinski definition) is 1. The van der Waals surface area contributed by atoms with Crippen molar-refractivity contribution in [3.05, 3.63) is 72.4 Å². The topological polar surface area (TPSA) is 74.0 Å². The van der Waals surface area contributed by atoms with Gasteiger partial charge in [0, 0.05) is 23.9 Å². The van der Waals surface area contributed by atoms with E-state index in [1.807, 2.05) is 97.3 Å². The predicted octanol–water partition coefficient (Wildman–Crippen LogP) is 4.03. The van der Waals surface area contributed by atoms with Crippen LogP contribution in [0.4, 0.5) is 0 Å². The number of carbonyl (C=O) groups is 1. The Morgan fingerprint density at radius 3 is 2.35 bits per heavy atom. The van der Waals surface area contributed by atoms with Crippen LogP contribution in [0.15, 0.2) is 66.9 Å². The van der Waals surface area contributed by atoms with Crippen molar-refractivity contribution in [3.8, 4) is 23.0 Å². The maximum atomic E-state index is 12.6. The third-order valence-corrected chi connectivity index (χ3v) is 5.50. The number of rotatable bonds is 8. The van der Waals surface area contributed by atoms with E-state index < -0.39 is 5.54 Å². The summed E-state index contributed by atoms with van der Waals surface area (Å²) in [6, 6.07) is 22.2. The van der Waals surface area contributed by atoms with Gasteiger partial charge >= 0.3 is 0 Å². The molecule has 0 saturated heterocycles. The van der Waals surface area contributed by atoms with E-state index >= 15 is 0 Å². The monoisotopic (exact) mass is 415 g/mol. The van der Waals surface area contributed by atoms with Crippen LogP contribution in [-0.2, 0) is 11.3 Å². The van der Waals surface area contributed by atoms with Crippen LogP contribution < -0.4 is 5.32 Å². The van der Waals surface area contributed by atoms with Crippen LogP contribution in [0.25, 0.3) is 16.9 Å². The molecule has 1 amide bonds. The second-order valence-electron chi connectivity index (χ2n) is 8.34. The molecule has 2 aromatic carbocycles. The smallest absolute Gasteiger partial charge is 0.235 e. The van der Waals surface area contributed by atoms with Gasteiger partial charge in [0.05, 0.1) is 24.0 Å². The van der Waals surface area contributed by atoms with E-state index in [1.54, 1.807) is 6.92 Å². The second kappa shape index (κ2) is 9.59.